The number of carbonyl (C=O) groups excluding carboxylic acids is 1. The molecule has 0 aliphatic carbocycles. The smallest absolute Gasteiger partial charge is 0.275 e. The fourth-order valence-electron chi connectivity index (χ4n) is 5.41. The SMILES string of the molecule is COc1cc2c(cc1-c1cccnc1F)-c1c(c(C(=O)N3CC[S+]([O-])CC3(C)C)nn1-c1cc(Cl)cc(Cl)c1)CO2. The van der Waals surface area contributed by atoms with Crippen molar-refractivity contribution >= 4 is 40.3 Å². The standard InChI is InChI=1S/C29H25Cl2FN4O4S/c1-29(2)15-41(38)8-7-35(29)28(37)25-22-14-40-24-13-23(39-3)20(19-5-4-6-33-27(19)32)12-21(24)26(22)36(34-25)18-10-16(30)9-17(31)11-18/h4-6,9-13H,7-8,14-15H2,1-3H3. The van der Waals surface area contributed by atoms with Crippen LogP contribution in [0.4, 0.5) is 4.39 Å². The number of halogens is 3. The highest BCUT2D eigenvalue weighted by Crippen LogP contribution is 2.46. The molecular weight excluding hydrogens is 590 g/mol. The van der Waals surface area contributed by atoms with Crippen molar-refractivity contribution < 1.29 is 23.2 Å². The van der Waals surface area contributed by atoms with Gasteiger partial charge in [-0.25, -0.2) is 9.67 Å². The van der Waals surface area contributed by atoms with Gasteiger partial charge in [0, 0.05) is 44.6 Å². The van der Waals surface area contributed by atoms with Crippen molar-refractivity contribution in [3.63, 3.8) is 0 Å². The van der Waals surface area contributed by atoms with Gasteiger partial charge in [0.1, 0.15) is 29.6 Å². The summed E-state index contributed by atoms with van der Waals surface area (Å²) in [5.41, 5.74) is 2.52. The summed E-state index contributed by atoms with van der Waals surface area (Å²) >= 11 is 11.7. The Labute approximate surface area is 249 Å². The van der Waals surface area contributed by atoms with E-state index in [1.807, 2.05) is 13.8 Å². The van der Waals surface area contributed by atoms with Gasteiger partial charge in [-0.1, -0.05) is 23.2 Å². The second-order valence-electron chi connectivity index (χ2n) is 10.5. The van der Waals surface area contributed by atoms with E-state index in [9.17, 15) is 13.7 Å². The average Bonchev–Trinajstić information content (AvgIpc) is 3.31. The van der Waals surface area contributed by atoms with Gasteiger partial charge in [0.25, 0.3) is 5.91 Å². The van der Waals surface area contributed by atoms with Gasteiger partial charge in [0.15, 0.2) is 5.69 Å². The minimum Gasteiger partial charge on any atom is -0.616 e. The number of ether oxygens (including phenoxy) is 2. The Kier molecular flexibility index (Phi) is 7.14. The molecule has 212 valence electrons. The van der Waals surface area contributed by atoms with Crippen molar-refractivity contribution in [1.82, 2.24) is 19.7 Å². The van der Waals surface area contributed by atoms with Crippen LogP contribution < -0.4 is 9.47 Å². The fraction of sp³-hybridized carbons (Fsp3) is 0.276. The van der Waals surface area contributed by atoms with Crippen molar-refractivity contribution in [2.45, 2.75) is 26.0 Å². The molecule has 0 bridgehead atoms. The van der Waals surface area contributed by atoms with Crippen LogP contribution in [0.3, 0.4) is 0 Å². The largest absolute Gasteiger partial charge is 0.616 e. The zero-order chi connectivity index (χ0) is 29.1. The lowest BCUT2D eigenvalue weighted by molar-refractivity contribution is 0.0581. The molecule has 4 aromatic rings. The summed E-state index contributed by atoms with van der Waals surface area (Å²) in [4.78, 5) is 19.6. The van der Waals surface area contributed by atoms with Crippen LogP contribution in [0.15, 0.2) is 48.7 Å². The van der Waals surface area contributed by atoms with Crippen LogP contribution in [0.2, 0.25) is 10.0 Å². The van der Waals surface area contributed by atoms with Gasteiger partial charge in [-0.05, 0) is 61.4 Å². The number of rotatable bonds is 4. The molecule has 2 aliphatic rings. The number of methoxy groups -OCH3 is 1. The third kappa shape index (κ3) is 4.92. The summed E-state index contributed by atoms with van der Waals surface area (Å²) in [6.07, 6.45) is 1.37. The molecule has 1 fully saturated rings. The van der Waals surface area contributed by atoms with E-state index in [0.29, 0.717) is 67.7 Å². The van der Waals surface area contributed by atoms with Gasteiger partial charge in [-0.3, -0.25) is 4.79 Å². The number of aromatic nitrogens is 3. The lowest BCUT2D eigenvalue weighted by Crippen LogP contribution is -2.57. The van der Waals surface area contributed by atoms with Crippen molar-refractivity contribution in [2.24, 2.45) is 0 Å². The summed E-state index contributed by atoms with van der Waals surface area (Å²) in [7, 11) is 1.50. The van der Waals surface area contributed by atoms with Crippen molar-refractivity contribution in [1.29, 1.82) is 0 Å². The molecular formula is C29H25Cl2FN4O4S. The van der Waals surface area contributed by atoms with Crippen molar-refractivity contribution in [3.05, 3.63) is 75.9 Å². The zero-order valence-corrected chi connectivity index (χ0v) is 24.7. The van der Waals surface area contributed by atoms with Gasteiger partial charge < -0.3 is 18.9 Å². The highest BCUT2D eigenvalue weighted by atomic mass is 35.5. The minimum atomic E-state index is -1.01. The number of hydrogen-bond donors (Lipinski definition) is 0. The Morgan fingerprint density at radius 3 is 2.59 bits per heavy atom. The van der Waals surface area contributed by atoms with Gasteiger partial charge in [0.2, 0.25) is 5.95 Å². The predicted molar refractivity (Wildman–Crippen MR) is 156 cm³/mol. The monoisotopic (exact) mass is 614 g/mol. The molecule has 1 amide bonds. The third-order valence-electron chi connectivity index (χ3n) is 7.29. The lowest BCUT2D eigenvalue weighted by atomic mass is 9.96. The first-order chi connectivity index (χ1) is 19.6. The highest BCUT2D eigenvalue weighted by Gasteiger charge is 2.43. The molecule has 0 N–H and O–H groups in total. The van der Waals surface area contributed by atoms with E-state index < -0.39 is 22.7 Å². The molecule has 0 spiro atoms. The number of hydrogen-bond acceptors (Lipinski definition) is 6. The quantitative estimate of drug-likeness (QED) is 0.209. The van der Waals surface area contributed by atoms with E-state index in [4.69, 9.17) is 37.8 Å². The topological polar surface area (TPSA) is 92.5 Å². The van der Waals surface area contributed by atoms with E-state index in [2.05, 4.69) is 4.98 Å². The normalized spacial score (nSPS) is 17.4. The second-order valence-corrected chi connectivity index (χ2v) is 12.9. The van der Waals surface area contributed by atoms with Crippen LogP contribution in [0.5, 0.6) is 11.5 Å². The molecule has 2 aliphatic heterocycles. The fourth-order valence-corrected chi connectivity index (χ4v) is 7.40. The zero-order valence-electron chi connectivity index (χ0n) is 22.4. The van der Waals surface area contributed by atoms with Gasteiger partial charge >= 0.3 is 0 Å². The maximum Gasteiger partial charge on any atom is 0.275 e. The maximum atomic E-state index is 14.9. The van der Waals surface area contributed by atoms with Crippen LogP contribution in [-0.4, -0.2) is 60.8 Å². The molecule has 1 saturated heterocycles. The minimum absolute atomic E-state index is 0.0572. The first kappa shape index (κ1) is 27.8. The Balaban J connectivity index is 1.59. The molecule has 2 aromatic heterocycles. The van der Waals surface area contributed by atoms with Gasteiger partial charge in [-0.2, -0.15) is 9.49 Å². The van der Waals surface area contributed by atoms with Crippen molar-refractivity contribution in [2.75, 3.05) is 25.2 Å². The van der Waals surface area contributed by atoms with Crippen LogP contribution in [0, 0.1) is 5.95 Å². The Bertz CT molecular complexity index is 1680. The number of fused-ring (bicyclic) bond motifs is 3. The Hall–Kier alpha value is -3.31. The van der Waals surface area contributed by atoms with E-state index in [1.54, 1.807) is 52.0 Å². The number of pyridine rings is 1. The molecule has 41 heavy (non-hydrogen) atoms. The first-order valence-electron chi connectivity index (χ1n) is 12.8. The van der Waals surface area contributed by atoms with Crippen LogP contribution in [0.1, 0.15) is 29.9 Å². The summed E-state index contributed by atoms with van der Waals surface area (Å²) in [5.74, 6) is 0.679. The molecule has 0 radical (unpaired) electrons. The summed E-state index contributed by atoms with van der Waals surface area (Å²) in [6.45, 7) is 4.19. The number of amides is 1. The van der Waals surface area contributed by atoms with Crippen LogP contribution in [0.25, 0.3) is 28.1 Å². The second kappa shape index (κ2) is 10.5. The van der Waals surface area contributed by atoms with E-state index in [-0.39, 0.29) is 23.8 Å². The maximum absolute atomic E-state index is 14.9. The Morgan fingerprint density at radius 1 is 1.15 bits per heavy atom. The Morgan fingerprint density at radius 2 is 1.90 bits per heavy atom. The van der Waals surface area contributed by atoms with Gasteiger partial charge in [-0.15, -0.1) is 0 Å². The molecule has 1 atom stereocenters. The molecule has 2 aromatic carbocycles. The van der Waals surface area contributed by atoms with Crippen molar-refractivity contribution in [3.8, 4) is 39.6 Å². The first-order valence-corrected chi connectivity index (χ1v) is 15.0. The summed E-state index contributed by atoms with van der Waals surface area (Å²) < 4.78 is 40.5. The molecule has 0 saturated carbocycles. The van der Waals surface area contributed by atoms with E-state index in [1.165, 1.54) is 13.3 Å². The number of benzene rings is 2. The molecule has 8 nitrogen and oxygen atoms in total. The highest BCUT2D eigenvalue weighted by molar-refractivity contribution is 7.91. The lowest BCUT2D eigenvalue weighted by Gasteiger charge is -2.41. The average molecular weight is 616 g/mol. The number of carbonyl (C=O) groups is 1. The molecule has 4 heterocycles. The van der Waals surface area contributed by atoms with Crippen LogP contribution in [-0.2, 0) is 17.8 Å². The molecule has 1 unspecified atom stereocenters. The summed E-state index contributed by atoms with van der Waals surface area (Å²) in [6, 6.07) is 11.7. The van der Waals surface area contributed by atoms with E-state index in [0.717, 1.165) is 0 Å². The molecule has 12 heteroatoms. The third-order valence-corrected chi connectivity index (χ3v) is 9.39. The van der Waals surface area contributed by atoms with Crippen LogP contribution >= 0.6 is 23.2 Å². The molecule has 6 rings (SSSR count). The number of nitrogens with zero attached hydrogens (tertiary/aromatic N) is 4. The predicted octanol–water partition coefficient (Wildman–Crippen LogP) is 5.93. The summed E-state index contributed by atoms with van der Waals surface area (Å²) in [5, 5.41) is 5.59. The van der Waals surface area contributed by atoms with E-state index >= 15 is 0 Å². The van der Waals surface area contributed by atoms with Gasteiger partial charge in [0.05, 0.1) is 30.6 Å².